The number of benzene rings is 2. The third kappa shape index (κ3) is 4.19. The van der Waals surface area contributed by atoms with Crippen LogP contribution in [-0.2, 0) is 13.1 Å². The fourth-order valence-corrected chi connectivity index (χ4v) is 3.03. The Morgan fingerprint density at radius 2 is 1.36 bits per heavy atom. The molecular weight excluding hydrogens is 270 g/mol. The minimum Gasteiger partial charge on any atom is -0.390 e. The topological polar surface area (TPSA) is 23.5 Å². The van der Waals surface area contributed by atoms with Gasteiger partial charge in [-0.1, -0.05) is 60.7 Å². The predicted molar refractivity (Wildman–Crippen MR) is 90.4 cm³/mol. The molecule has 0 radical (unpaired) electrons. The normalized spacial score (nSPS) is 17.4. The lowest BCUT2D eigenvalue weighted by Crippen LogP contribution is -2.35. The van der Waals surface area contributed by atoms with Gasteiger partial charge in [0.1, 0.15) is 0 Å². The zero-order chi connectivity index (χ0) is 15.4. The summed E-state index contributed by atoms with van der Waals surface area (Å²) in [5, 5.41) is 10.3. The Morgan fingerprint density at radius 3 is 1.77 bits per heavy atom. The van der Waals surface area contributed by atoms with Crippen molar-refractivity contribution in [3.05, 3.63) is 71.8 Å². The second kappa shape index (κ2) is 6.64. The lowest BCUT2D eigenvalue weighted by molar-refractivity contribution is 0.0829. The van der Waals surface area contributed by atoms with Crippen LogP contribution in [0.2, 0.25) is 0 Å². The monoisotopic (exact) mass is 295 g/mol. The smallest absolute Gasteiger partial charge is 0.0664 e. The molecule has 0 aromatic heterocycles. The molecule has 116 valence electrons. The van der Waals surface area contributed by atoms with E-state index in [1.165, 1.54) is 11.1 Å². The van der Waals surface area contributed by atoms with Gasteiger partial charge in [0.25, 0.3) is 0 Å². The van der Waals surface area contributed by atoms with Gasteiger partial charge in [-0.15, -0.1) is 0 Å². The Kier molecular flexibility index (Phi) is 4.60. The Balaban J connectivity index is 1.72. The molecule has 22 heavy (non-hydrogen) atoms. The first kappa shape index (κ1) is 15.3. The molecule has 0 saturated heterocycles. The van der Waals surface area contributed by atoms with E-state index in [-0.39, 0.29) is 0 Å². The van der Waals surface area contributed by atoms with Crippen molar-refractivity contribution in [3.63, 3.8) is 0 Å². The molecule has 1 N–H and O–H groups in total. The average Bonchev–Trinajstić information content (AvgIpc) is 3.26. The van der Waals surface area contributed by atoms with Crippen LogP contribution in [0, 0.1) is 0 Å². The van der Waals surface area contributed by atoms with Crippen LogP contribution in [0.5, 0.6) is 0 Å². The van der Waals surface area contributed by atoms with E-state index in [2.05, 4.69) is 72.5 Å². The van der Waals surface area contributed by atoms with Crippen molar-refractivity contribution in [2.24, 2.45) is 0 Å². The summed E-state index contributed by atoms with van der Waals surface area (Å²) in [6, 6.07) is 21.6. The molecule has 2 heteroatoms. The highest BCUT2D eigenvalue weighted by Gasteiger charge is 2.42. The van der Waals surface area contributed by atoms with E-state index in [1.54, 1.807) is 0 Å². The van der Waals surface area contributed by atoms with Gasteiger partial charge >= 0.3 is 0 Å². The van der Waals surface area contributed by atoms with Crippen molar-refractivity contribution < 1.29 is 5.11 Å². The molecular formula is C20H25NO. The Labute approximate surface area is 133 Å². The van der Waals surface area contributed by atoms with Gasteiger partial charge in [0.05, 0.1) is 5.60 Å². The third-order valence-corrected chi connectivity index (χ3v) is 4.58. The van der Waals surface area contributed by atoms with Crippen LogP contribution in [-0.4, -0.2) is 21.6 Å². The standard InChI is InChI=1S/C20H25NO/c1-17(14-20(22)12-13-20)21(15-18-8-4-2-5-9-18)16-19-10-6-3-7-11-19/h2-11,17,22H,12-16H2,1H3/t17-/m1/s1. The van der Waals surface area contributed by atoms with Crippen molar-refractivity contribution in [2.75, 3.05) is 0 Å². The molecule has 2 aromatic rings. The first-order chi connectivity index (χ1) is 10.6. The minimum absolute atomic E-state index is 0.368. The van der Waals surface area contributed by atoms with Gasteiger partial charge in [0.15, 0.2) is 0 Å². The van der Waals surface area contributed by atoms with Crippen molar-refractivity contribution in [2.45, 2.75) is 50.9 Å². The largest absolute Gasteiger partial charge is 0.390 e. The number of hydrogen-bond acceptors (Lipinski definition) is 2. The summed E-state index contributed by atoms with van der Waals surface area (Å²) < 4.78 is 0. The summed E-state index contributed by atoms with van der Waals surface area (Å²) in [4.78, 5) is 2.47. The summed E-state index contributed by atoms with van der Waals surface area (Å²) in [6.07, 6.45) is 2.79. The van der Waals surface area contributed by atoms with Gasteiger partial charge in [-0.05, 0) is 37.3 Å². The van der Waals surface area contributed by atoms with Crippen LogP contribution >= 0.6 is 0 Å². The second-order valence-corrected chi connectivity index (χ2v) is 6.65. The van der Waals surface area contributed by atoms with E-state index in [9.17, 15) is 5.11 Å². The summed E-state index contributed by atoms with van der Waals surface area (Å²) in [7, 11) is 0. The van der Waals surface area contributed by atoms with Crippen LogP contribution in [0.25, 0.3) is 0 Å². The molecule has 1 aliphatic rings. The number of aliphatic hydroxyl groups is 1. The van der Waals surface area contributed by atoms with E-state index in [0.717, 1.165) is 32.4 Å². The quantitative estimate of drug-likeness (QED) is 0.835. The Morgan fingerprint density at radius 1 is 0.909 bits per heavy atom. The maximum atomic E-state index is 10.3. The van der Waals surface area contributed by atoms with Crippen molar-refractivity contribution in [3.8, 4) is 0 Å². The maximum Gasteiger partial charge on any atom is 0.0664 e. The van der Waals surface area contributed by atoms with E-state index < -0.39 is 5.60 Å². The van der Waals surface area contributed by atoms with Gasteiger partial charge in [-0.2, -0.15) is 0 Å². The Hall–Kier alpha value is -1.64. The van der Waals surface area contributed by atoms with Gasteiger partial charge in [0.2, 0.25) is 0 Å². The predicted octanol–water partition coefficient (Wildman–Crippen LogP) is 3.99. The van der Waals surface area contributed by atoms with Crippen LogP contribution in [0.4, 0.5) is 0 Å². The van der Waals surface area contributed by atoms with Crippen LogP contribution in [0.3, 0.4) is 0 Å². The first-order valence-corrected chi connectivity index (χ1v) is 8.19. The van der Waals surface area contributed by atoms with Crippen molar-refractivity contribution in [1.82, 2.24) is 4.90 Å². The van der Waals surface area contributed by atoms with Crippen LogP contribution in [0.1, 0.15) is 37.3 Å². The maximum absolute atomic E-state index is 10.3. The molecule has 0 bridgehead atoms. The lowest BCUT2D eigenvalue weighted by Gasteiger charge is -2.31. The fraction of sp³-hybridized carbons (Fsp3) is 0.400. The highest BCUT2D eigenvalue weighted by atomic mass is 16.3. The molecule has 1 fully saturated rings. The van der Waals surface area contributed by atoms with Crippen molar-refractivity contribution in [1.29, 1.82) is 0 Å². The van der Waals surface area contributed by atoms with Crippen molar-refractivity contribution >= 4 is 0 Å². The zero-order valence-corrected chi connectivity index (χ0v) is 13.3. The minimum atomic E-state index is -0.398. The molecule has 0 aliphatic heterocycles. The summed E-state index contributed by atoms with van der Waals surface area (Å²) in [6.45, 7) is 4.09. The molecule has 2 nitrogen and oxygen atoms in total. The summed E-state index contributed by atoms with van der Waals surface area (Å²) in [5.41, 5.74) is 2.26. The second-order valence-electron chi connectivity index (χ2n) is 6.65. The number of rotatable bonds is 7. The molecule has 1 saturated carbocycles. The van der Waals surface area contributed by atoms with Crippen LogP contribution < -0.4 is 0 Å². The molecule has 0 heterocycles. The summed E-state index contributed by atoms with van der Waals surface area (Å²) >= 11 is 0. The number of hydrogen-bond donors (Lipinski definition) is 1. The highest BCUT2D eigenvalue weighted by molar-refractivity contribution is 5.17. The molecule has 0 spiro atoms. The SMILES string of the molecule is C[C@H](CC1(O)CC1)N(Cc1ccccc1)Cc1ccccc1. The molecule has 3 rings (SSSR count). The van der Waals surface area contributed by atoms with E-state index >= 15 is 0 Å². The molecule has 0 unspecified atom stereocenters. The summed E-state index contributed by atoms with van der Waals surface area (Å²) in [5.74, 6) is 0. The molecule has 0 amide bonds. The van der Waals surface area contributed by atoms with E-state index in [4.69, 9.17) is 0 Å². The zero-order valence-electron chi connectivity index (χ0n) is 13.3. The first-order valence-electron chi connectivity index (χ1n) is 8.19. The lowest BCUT2D eigenvalue weighted by atomic mass is 10.1. The van der Waals surface area contributed by atoms with Gasteiger partial charge in [0, 0.05) is 19.1 Å². The van der Waals surface area contributed by atoms with Gasteiger partial charge < -0.3 is 5.11 Å². The van der Waals surface area contributed by atoms with E-state index in [1.807, 2.05) is 0 Å². The number of nitrogens with zero attached hydrogens (tertiary/aromatic N) is 1. The Bertz CT molecular complexity index is 536. The molecule has 1 atom stereocenters. The van der Waals surface area contributed by atoms with Gasteiger partial charge in [-0.3, -0.25) is 4.90 Å². The van der Waals surface area contributed by atoms with Gasteiger partial charge in [-0.25, -0.2) is 0 Å². The molecule has 1 aliphatic carbocycles. The third-order valence-electron chi connectivity index (χ3n) is 4.58. The fourth-order valence-electron chi connectivity index (χ4n) is 3.03. The van der Waals surface area contributed by atoms with Crippen LogP contribution in [0.15, 0.2) is 60.7 Å². The van der Waals surface area contributed by atoms with E-state index in [0.29, 0.717) is 6.04 Å². The molecule has 2 aromatic carbocycles. The average molecular weight is 295 g/mol. The highest BCUT2D eigenvalue weighted by Crippen LogP contribution is 2.40.